The first-order chi connectivity index (χ1) is 11.2. The zero-order valence-electron chi connectivity index (χ0n) is 12.8. The van der Waals surface area contributed by atoms with Crippen LogP contribution in [0, 0.1) is 0 Å². The van der Waals surface area contributed by atoms with Crippen molar-refractivity contribution in [3.05, 3.63) is 40.7 Å². The van der Waals surface area contributed by atoms with E-state index in [4.69, 9.17) is 0 Å². The quantitative estimate of drug-likeness (QED) is 0.829. The van der Waals surface area contributed by atoms with Gasteiger partial charge < -0.3 is 10.2 Å². The molecule has 0 aliphatic carbocycles. The minimum absolute atomic E-state index is 0.123. The maximum absolute atomic E-state index is 12.1. The Kier molecular flexibility index (Phi) is 5.02. The molecule has 6 heteroatoms. The highest BCUT2D eigenvalue weighted by Gasteiger charge is 2.19. The summed E-state index contributed by atoms with van der Waals surface area (Å²) in [4.78, 5) is 29.8. The third-order valence-corrected chi connectivity index (χ3v) is 4.59. The summed E-state index contributed by atoms with van der Waals surface area (Å²) in [5.74, 6) is 0.103. The molecule has 0 unspecified atom stereocenters. The molecule has 0 saturated carbocycles. The van der Waals surface area contributed by atoms with Crippen LogP contribution in [0.3, 0.4) is 0 Å². The number of nitrogens with zero attached hydrogens (tertiary/aromatic N) is 2. The van der Waals surface area contributed by atoms with Crippen molar-refractivity contribution < 1.29 is 9.59 Å². The molecule has 1 saturated heterocycles. The molecule has 1 fully saturated rings. The predicted octanol–water partition coefficient (Wildman–Crippen LogP) is 2.55. The van der Waals surface area contributed by atoms with E-state index in [1.165, 1.54) is 0 Å². The van der Waals surface area contributed by atoms with Crippen molar-refractivity contribution in [2.45, 2.75) is 19.3 Å². The topological polar surface area (TPSA) is 62.3 Å². The molecule has 1 N–H and O–H groups in total. The molecule has 2 aromatic rings. The van der Waals surface area contributed by atoms with Crippen molar-refractivity contribution in [3.63, 3.8) is 0 Å². The van der Waals surface area contributed by atoms with Crippen LogP contribution in [0.5, 0.6) is 0 Å². The number of pyridine rings is 1. The number of nitrogens with one attached hydrogen (secondary N) is 1. The fourth-order valence-electron chi connectivity index (χ4n) is 2.62. The minimum atomic E-state index is -0.123. The molecule has 2 amide bonds. The van der Waals surface area contributed by atoms with E-state index in [1.54, 1.807) is 23.6 Å². The largest absolute Gasteiger partial charge is 0.352 e. The van der Waals surface area contributed by atoms with Gasteiger partial charge in [0.25, 0.3) is 5.91 Å². The molecule has 1 aliphatic heterocycles. The van der Waals surface area contributed by atoms with Crippen LogP contribution in [-0.4, -0.2) is 41.3 Å². The van der Waals surface area contributed by atoms with Crippen LogP contribution in [0.4, 0.5) is 0 Å². The van der Waals surface area contributed by atoms with Crippen molar-refractivity contribution >= 4 is 23.2 Å². The third-order valence-electron chi connectivity index (χ3n) is 3.90. The van der Waals surface area contributed by atoms with Crippen LogP contribution < -0.4 is 5.32 Å². The Hall–Kier alpha value is -2.21. The number of aromatic nitrogens is 1. The second-order valence-corrected chi connectivity index (χ2v) is 6.32. The Balaban J connectivity index is 1.45. The maximum atomic E-state index is 12.1. The fraction of sp³-hybridized carbons (Fsp3) is 0.353. The van der Waals surface area contributed by atoms with Gasteiger partial charge in [-0.3, -0.25) is 14.6 Å². The summed E-state index contributed by atoms with van der Waals surface area (Å²) >= 11 is 1.62. The van der Waals surface area contributed by atoms with Gasteiger partial charge in [0.2, 0.25) is 5.91 Å². The number of likely N-dealkylation sites (tertiary alicyclic amines) is 1. The fourth-order valence-corrected chi connectivity index (χ4v) is 3.27. The zero-order valence-corrected chi connectivity index (χ0v) is 13.6. The van der Waals surface area contributed by atoms with E-state index < -0.39 is 0 Å². The Bertz CT molecular complexity index is 668. The standard InChI is InChI=1S/C17H19N3O2S/c21-16-3-1-8-20(16)9-2-7-18-17(22)13-4-5-15(19-11-13)14-6-10-23-12-14/h4-6,10-12H,1-3,7-9H2,(H,18,22). The van der Waals surface area contributed by atoms with E-state index in [9.17, 15) is 9.59 Å². The number of hydrogen-bond donors (Lipinski definition) is 1. The SMILES string of the molecule is O=C(NCCCN1CCCC1=O)c1ccc(-c2ccsc2)nc1. The van der Waals surface area contributed by atoms with Gasteiger partial charge in [-0.25, -0.2) is 0 Å². The molecular formula is C17H19N3O2S. The lowest BCUT2D eigenvalue weighted by atomic mass is 10.2. The first kappa shape index (κ1) is 15.7. The summed E-state index contributed by atoms with van der Waals surface area (Å²) in [6, 6.07) is 5.66. The lowest BCUT2D eigenvalue weighted by Gasteiger charge is -2.15. The molecule has 2 aromatic heterocycles. The number of carbonyl (C=O) groups excluding carboxylic acids is 2. The van der Waals surface area contributed by atoms with Gasteiger partial charge in [-0.2, -0.15) is 11.3 Å². The molecule has 0 atom stereocenters. The monoisotopic (exact) mass is 329 g/mol. The molecule has 1 aliphatic rings. The summed E-state index contributed by atoms with van der Waals surface area (Å²) in [6.07, 6.45) is 3.99. The average molecular weight is 329 g/mol. The van der Waals surface area contributed by atoms with Gasteiger partial charge in [0.1, 0.15) is 0 Å². The molecule has 120 valence electrons. The first-order valence-electron chi connectivity index (χ1n) is 7.78. The summed E-state index contributed by atoms with van der Waals surface area (Å²) in [7, 11) is 0. The van der Waals surface area contributed by atoms with E-state index in [2.05, 4.69) is 10.3 Å². The number of carbonyl (C=O) groups is 2. The van der Waals surface area contributed by atoms with Gasteiger partial charge >= 0.3 is 0 Å². The lowest BCUT2D eigenvalue weighted by Crippen LogP contribution is -2.30. The van der Waals surface area contributed by atoms with Crippen molar-refractivity contribution in [1.29, 1.82) is 0 Å². The zero-order chi connectivity index (χ0) is 16.1. The van der Waals surface area contributed by atoms with Crippen molar-refractivity contribution in [2.75, 3.05) is 19.6 Å². The average Bonchev–Trinajstić information content (AvgIpc) is 3.23. The molecule has 5 nitrogen and oxygen atoms in total. The summed E-state index contributed by atoms with van der Waals surface area (Å²) < 4.78 is 0. The molecular weight excluding hydrogens is 310 g/mol. The second-order valence-electron chi connectivity index (χ2n) is 5.54. The third kappa shape index (κ3) is 3.96. The van der Waals surface area contributed by atoms with Crippen molar-refractivity contribution in [2.24, 2.45) is 0 Å². The van der Waals surface area contributed by atoms with Gasteiger partial charge in [0.05, 0.1) is 11.3 Å². The Morgan fingerprint density at radius 2 is 2.26 bits per heavy atom. The Labute approximate surface area is 139 Å². The highest BCUT2D eigenvalue weighted by molar-refractivity contribution is 7.08. The van der Waals surface area contributed by atoms with Gasteiger partial charge in [0.15, 0.2) is 0 Å². The molecule has 0 bridgehead atoms. The van der Waals surface area contributed by atoms with Gasteiger partial charge in [0, 0.05) is 43.2 Å². The van der Waals surface area contributed by atoms with Gasteiger partial charge in [-0.05, 0) is 36.4 Å². The predicted molar refractivity (Wildman–Crippen MR) is 90.3 cm³/mol. The van der Waals surface area contributed by atoms with Crippen LogP contribution in [0.15, 0.2) is 35.2 Å². The van der Waals surface area contributed by atoms with E-state index >= 15 is 0 Å². The molecule has 0 aromatic carbocycles. The van der Waals surface area contributed by atoms with Crippen molar-refractivity contribution in [3.8, 4) is 11.3 Å². The van der Waals surface area contributed by atoms with Crippen LogP contribution in [0.1, 0.15) is 29.6 Å². The van der Waals surface area contributed by atoms with Crippen LogP contribution in [0.25, 0.3) is 11.3 Å². The van der Waals surface area contributed by atoms with Gasteiger partial charge in [-0.1, -0.05) is 0 Å². The highest BCUT2D eigenvalue weighted by atomic mass is 32.1. The van der Waals surface area contributed by atoms with Crippen LogP contribution in [0.2, 0.25) is 0 Å². The molecule has 0 spiro atoms. The summed E-state index contributed by atoms with van der Waals surface area (Å²) in [6.45, 7) is 2.13. The second kappa shape index (κ2) is 7.37. The van der Waals surface area contributed by atoms with E-state index in [-0.39, 0.29) is 11.8 Å². The van der Waals surface area contributed by atoms with Crippen molar-refractivity contribution in [1.82, 2.24) is 15.2 Å². The Morgan fingerprint density at radius 1 is 1.35 bits per heavy atom. The normalized spacial score (nSPS) is 14.3. The maximum Gasteiger partial charge on any atom is 0.252 e. The summed E-state index contributed by atoms with van der Waals surface area (Å²) in [5, 5.41) is 6.91. The number of rotatable bonds is 6. The molecule has 3 rings (SSSR count). The first-order valence-corrected chi connectivity index (χ1v) is 8.73. The molecule has 23 heavy (non-hydrogen) atoms. The summed E-state index contributed by atoms with van der Waals surface area (Å²) in [5.41, 5.74) is 2.49. The number of thiophene rings is 1. The van der Waals surface area contributed by atoms with Crippen LogP contribution >= 0.6 is 11.3 Å². The van der Waals surface area contributed by atoms with Crippen LogP contribution in [-0.2, 0) is 4.79 Å². The van der Waals surface area contributed by atoms with E-state index in [0.717, 1.165) is 30.6 Å². The van der Waals surface area contributed by atoms with E-state index in [0.29, 0.717) is 25.1 Å². The van der Waals surface area contributed by atoms with E-state index in [1.807, 2.05) is 27.8 Å². The lowest BCUT2D eigenvalue weighted by molar-refractivity contribution is -0.127. The molecule has 0 radical (unpaired) electrons. The smallest absolute Gasteiger partial charge is 0.252 e. The minimum Gasteiger partial charge on any atom is -0.352 e. The Morgan fingerprint density at radius 3 is 2.91 bits per heavy atom. The number of hydrogen-bond acceptors (Lipinski definition) is 4. The number of amides is 2. The highest BCUT2D eigenvalue weighted by Crippen LogP contribution is 2.19. The van der Waals surface area contributed by atoms with Gasteiger partial charge in [-0.15, -0.1) is 0 Å². The molecule has 3 heterocycles.